The second-order valence-electron chi connectivity index (χ2n) is 9.91. The number of morpholine rings is 1. The average molecular weight is 470 g/mol. The first-order valence-corrected chi connectivity index (χ1v) is 11.8. The highest BCUT2D eigenvalue weighted by atomic mass is 16.5. The van der Waals surface area contributed by atoms with Gasteiger partial charge in [0.05, 0.1) is 33.5 Å². The number of nitrogens with zero attached hydrogens (tertiary/aromatic N) is 1. The minimum absolute atomic E-state index is 0.0573. The van der Waals surface area contributed by atoms with Gasteiger partial charge < -0.3 is 24.5 Å². The molecule has 184 valence electrons. The summed E-state index contributed by atoms with van der Waals surface area (Å²) in [6.45, 7) is 9.28. The lowest BCUT2D eigenvalue weighted by Gasteiger charge is -2.35. The number of aromatic nitrogens is 1. The number of carbonyl (C=O) groups excluding carboxylic acids is 2. The van der Waals surface area contributed by atoms with Crippen molar-refractivity contribution in [3.05, 3.63) is 46.3 Å². The van der Waals surface area contributed by atoms with Gasteiger partial charge in [-0.3, -0.25) is 14.5 Å². The zero-order valence-corrected chi connectivity index (χ0v) is 20.7. The number of fused-ring (bicyclic) bond motifs is 1. The second-order valence-corrected chi connectivity index (χ2v) is 9.91. The number of H-pyrrole nitrogens is 1. The van der Waals surface area contributed by atoms with Crippen molar-refractivity contribution in [2.75, 3.05) is 47.1 Å². The molecule has 2 aliphatic rings. The Morgan fingerprint density at radius 2 is 1.88 bits per heavy atom. The first-order valence-electron chi connectivity index (χ1n) is 11.8. The van der Waals surface area contributed by atoms with Crippen molar-refractivity contribution in [2.45, 2.75) is 39.7 Å². The number of hydrogen-bond donors (Lipinski definition) is 2. The fourth-order valence-electron chi connectivity index (χ4n) is 5.14. The van der Waals surface area contributed by atoms with E-state index in [1.54, 1.807) is 14.2 Å². The quantitative estimate of drug-likeness (QED) is 0.646. The summed E-state index contributed by atoms with van der Waals surface area (Å²) in [7, 11) is 3.23. The number of rotatable bonds is 7. The summed E-state index contributed by atoms with van der Waals surface area (Å²) in [5.41, 5.74) is 3.69. The summed E-state index contributed by atoms with van der Waals surface area (Å²) in [5, 5.41) is 3.11. The second kappa shape index (κ2) is 9.80. The molecule has 8 nitrogen and oxygen atoms in total. The van der Waals surface area contributed by atoms with E-state index in [9.17, 15) is 9.59 Å². The van der Waals surface area contributed by atoms with Gasteiger partial charge in [0.1, 0.15) is 5.69 Å². The molecule has 1 aliphatic heterocycles. The van der Waals surface area contributed by atoms with E-state index >= 15 is 0 Å². The normalized spacial score (nSPS) is 18.8. The van der Waals surface area contributed by atoms with E-state index in [4.69, 9.17) is 14.2 Å². The van der Waals surface area contributed by atoms with Crippen molar-refractivity contribution < 1.29 is 23.8 Å². The maximum atomic E-state index is 13.3. The topological polar surface area (TPSA) is 92.9 Å². The van der Waals surface area contributed by atoms with Crippen LogP contribution in [0, 0.1) is 12.3 Å². The van der Waals surface area contributed by atoms with Crippen LogP contribution in [0.15, 0.2) is 18.2 Å². The van der Waals surface area contributed by atoms with Crippen LogP contribution in [0.3, 0.4) is 0 Å². The average Bonchev–Trinajstić information content (AvgIpc) is 3.14. The molecule has 2 heterocycles. The first kappa shape index (κ1) is 24.3. The Kier molecular flexibility index (Phi) is 7.00. The van der Waals surface area contributed by atoms with Gasteiger partial charge in [-0.1, -0.05) is 19.9 Å². The van der Waals surface area contributed by atoms with Crippen LogP contribution in [0.1, 0.15) is 64.0 Å². The van der Waals surface area contributed by atoms with Gasteiger partial charge in [0.2, 0.25) is 0 Å². The molecule has 1 atom stereocenters. The molecule has 8 heteroatoms. The molecule has 0 saturated carbocycles. The number of aromatic amines is 1. The summed E-state index contributed by atoms with van der Waals surface area (Å²) < 4.78 is 16.4. The standard InChI is InChI=1S/C26H35N3O5/c1-16-23-18(13-26(2,3)14-20(23)30)28-24(16)25(31)27-15-19(29-8-10-34-11-9-29)17-6-7-21(32-4)22(12-17)33-5/h6-7,12,19,28H,8-11,13-15H2,1-5H3,(H,27,31). The van der Waals surface area contributed by atoms with E-state index in [1.807, 2.05) is 25.1 Å². The lowest BCUT2D eigenvalue weighted by Crippen LogP contribution is -2.44. The van der Waals surface area contributed by atoms with Crippen LogP contribution >= 0.6 is 0 Å². The fourth-order valence-corrected chi connectivity index (χ4v) is 5.14. The lowest BCUT2D eigenvalue weighted by molar-refractivity contribution is 0.0161. The Morgan fingerprint density at radius 1 is 1.18 bits per heavy atom. The molecule has 1 aromatic carbocycles. The van der Waals surface area contributed by atoms with Crippen molar-refractivity contribution in [3.8, 4) is 11.5 Å². The van der Waals surface area contributed by atoms with E-state index in [0.29, 0.717) is 48.9 Å². The van der Waals surface area contributed by atoms with Crippen molar-refractivity contribution in [1.29, 1.82) is 0 Å². The molecule has 2 N–H and O–H groups in total. The predicted molar refractivity (Wildman–Crippen MR) is 129 cm³/mol. The number of carbonyl (C=O) groups is 2. The SMILES string of the molecule is COc1ccc(C(CNC(=O)c2[nH]c3c(c2C)C(=O)CC(C)(C)C3)N2CCOCC2)cc1OC. The monoisotopic (exact) mass is 469 g/mol. The molecule has 4 rings (SSSR count). The number of amides is 1. The Hall–Kier alpha value is -2.84. The Labute approximate surface area is 200 Å². The van der Waals surface area contributed by atoms with Gasteiger partial charge in [0.15, 0.2) is 17.3 Å². The maximum Gasteiger partial charge on any atom is 0.268 e. The molecule has 1 amide bonds. The molecule has 1 saturated heterocycles. The van der Waals surface area contributed by atoms with Crippen molar-refractivity contribution >= 4 is 11.7 Å². The van der Waals surface area contributed by atoms with E-state index in [0.717, 1.165) is 36.3 Å². The van der Waals surface area contributed by atoms with Crippen LogP contribution in [-0.4, -0.2) is 68.6 Å². The van der Waals surface area contributed by atoms with E-state index < -0.39 is 0 Å². The van der Waals surface area contributed by atoms with Crippen LogP contribution in [0.2, 0.25) is 0 Å². The zero-order valence-electron chi connectivity index (χ0n) is 20.7. The van der Waals surface area contributed by atoms with E-state index in [-0.39, 0.29) is 23.1 Å². The van der Waals surface area contributed by atoms with Crippen LogP contribution in [-0.2, 0) is 11.2 Å². The number of ether oxygens (including phenoxy) is 3. The van der Waals surface area contributed by atoms with Crippen LogP contribution in [0.4, 0.5) is 0 Å². The summed E-state index contributed by atoms with van der Waals surface area (Å²) in [6.07, 6.45) is 1.25. The fraction of sp³-hybridized carbons (Fsp3) is 0.538. The van der Waals surface area contributed by atoms with Gasteiger partial charge in [-0.15, -0.1) is 0 Å². The first-order chi connectivity index (χ1) is 16.2. The van der Waals surface area contributed by atoms with Crippen LogP contribution in [0.25, 0.3) is 0 Å². The largest absolute Gasteiger partial charge is 0.493 e. The molecule has 0 bridgehead atoms. The molecule has 2 aromatic rings. The number of ketones is 1. The van der Waals surface area contributed by atoms with E-state index in [1.165, 1.54) is 0 Å². The van der Waals surface area contributed by atoms with E-state index in [2.05, 4.69) is 29.0 Å². The summed E-state index contributed by atoms with van der Waals surface area (Å²) in [6, 6.07) is 5.80. The molecule has 1 aromatic heterocycles. The van der Waals surface area contributed by atoms with Gasteiger partial charge in [-0.2, -0.15) is 0 Å². The number of methoxy groups -OCH3 is 2. The van der Waals surface area contributed by atoms with Crippen LogP contribution < -0.4 is 14.8 Å². The molecular formula is C26H35N3O5. The molecule has 1 aliphatic carbocycles. The number of hydrogen-bond acceptors (Lipinski definition) is 6. The summed E-state index contributed by atoms with van der Waals surface area (Å²) in [5.74, 6) is 1.22. The minimum atomic E-state index is -0.198. The number of Topliss-reactive ketones (excluding diaryl/α,β-unsaturated/α-hetero) is 1. The summed E-state index contributed by atoms with van der Waals surface area (Å²) >= 11 is 0. The van der Waals surface area contributed by atoms with Gasteiger partial charge in [-0.25, -0.2) is 0 Å². The summed E-state index contributed by atoms with van der Waals surface area (Å²) in [4.78, 5) is 31.6. The third-order valence-corrected chi connectivity index (χ3v) is 6.86. The predicted octanol–water partition coefficient (Wildman–Crippen LogP) is 3.30. The highest BCUT2D eigenvalue weighted by Crippen LogP contribution is 2.37. The highest BCUT2D eigenvalue weighted by molar-refractivity contribution is 6.04. The third-order valence-electron chi connectivity index (χ3n) is 6.86. The van der Waals surface area contributed by atoms with Gasteiger partial charge in [-0.05, 0) is 42.0 Å². The highest BCUT2D eigenvalue weighted by Gasteiger charge is 2.35. The lowest BCUT2D eigenvalue weighted by atomic mass is 9.75. The van der Waals surface area contributed by atoms with Crippen molar-refractivity contribution in [2.24, 2.45) is 5.41 Å². The Morgan fingerprint density at radius 3 is 2.56 bits per heavy atom. The van der Waals surface area contributed by atoms with Crippen molar-refractivity contribution in [3.63, 3.8) is 0 Å². The Balaban J connectivity index is 1.57. The Bertz CT molecular complexity index is 1070. The third kappa shape index (κ3) is 4.83. The molecule has 1 unspecified atom stereocenters. The number of nitrogens with one attached hydrogen (secondary N) is 2. The van der Waals surface area contributed by atoms with Crippen molar-refractivity contribution in [1.82, 2.24) is 15.2 Å². The maximum absolute atomic E-state index is 13.3. The van der Waals surface area contributed by atoms with Gasteiger partial charge >= 0.3 is 0 Å². The van der Waals surface area contributed by atoms with Gasteiger partial charge in [0, 0.05) is 37.3 Å². The molecule has 34 heavy (non-hydrogen) atoms. The number of benzene rings is 1. The molecule has 1 fully saturated rings. The minimum Gasteiger partial charge on any atom is -0.493 e. The zero-order chi connectivity index (χ0) is 24.5. The molecular weight excluding hydrogens is 434 g/mol. The molecule has 0 spiro atoms. The smallest absolute Gasteiger partial charge is 0.268 e. The molecule has 0 radical (unpaired) electrons. The van der Waals surface area contributed by atoms with Gasteiger partial charge in [0.25, 0.3) is 5.91 Å². The van der Waals surface area contributed by atoms with Crippen LogP contribution in [0.5, 0.6) is 11.5 Å².